The first-order valence-corrected chi connectivity index (χ1v) is 11.0. The molecule has 0 spiro atoms. The van der Waals surface area contributed by atoms with Crippen LogP contribution in [0.4, 0.5) is 0 Å². The van der Waals surface area contributed by atoms with E-state index in [1.54, 1.807) is 20.0 Å². The lowest BCUT2D eigenvalue weighted by Gasteiger charge is -2.20. The summed E-state index contributed by atoms with van der Waals surface area (Å²) in [5.41, 5.74) is 6.72. The lowest BCUT2D eigenvalue weighted by Crippen LogP contribution is -2.30. The van der Waals surface area contributed by atoms with Crippen LogP contribution in [0.1, 0.15) is 42.3 Å². The maximum atomic E-state index is 11.3. The fourth-order valence-corrected chi connectivity index (χ4v) is 3.75. The van der Waals surface area contributed by atoms with E-state index < -0.39 is 11.4 Å². The first-order valence-electron chi connectivity index (χ1n) is 11.0. The Balaban J connectivity index is 1.48. The molecule has 1 aromatic heterocycles. The number of benzene rings is 2. The quantitative estimate of drug-likeness (QED) is 0.474. The van der Waals surface area contributed by atoms with E-state index >= 15 is 0 Å². The minimum atomic E-state index is -0.973. The van der Waals surface area contributed by atoms with Crippen LogP contribution in [-0.4, -0.2) is 22.7 Å². The summed E-state index contributed by atoms with van der Waals surface area (Å²) in [4.78, 5) is 15.7. The van der Waals surface area contributed by atoms with Gasteiger partial charge in [-0.25, -0.2) is 4.98 Å². The molecule has 0 bridgehead atoms. The van der Waals surface area contributed by atoms with Crippen molar-refractivity contribution in [1.29, 1.82) is 0 Å². The summed E-state index contributed by atoms with van der Waals surface area (Å²) >= 11 is 0. The zero-order chi connectivity index (χ0) is 23.6. The van der Waals surface area contributed by atoms with Gasteiger partial charge in [0.25, 0.3) is 0 Å². The van der Waals surface area contributed by atoms with Crippen molar-refractivity contribution in [3.05, 3.63) is 89.2 Å². The van der Waals surface area contributed by atoms with Crippen LogP contribution >= 0.6 is 0 Å². The lowest BCUT2D eigenvalue weighted by molar-refractivity contribution is -0.148. The monoisotopic (exact) mass is 443 g/mol. The van der Waals surface area contributed by atoms with E-state index in [0.29, 0.717) is 5.88 Å². The predicted molar refractivity (Wildman–Crippen MR) is 129 cm³/mol. The van der Waals surface area contributed by atoms with Crippen LogP contribution in [0.3, 0.4) is 0 Å². The molecule has 1 atom stereocenters. The highest BCUT2D eigenvalue weighted by atomic mass is 16.5. The van der Waals surface area contributed by atoms with Crippen LogP contribution in [-0.2, 0) is 4.79 Å². The second-order valence-electron chi connectivity index (χ2n) is 9.05. The van der Waals surface area contributed by atoms with Gasteiger partial charge in [-0.1, -0.05) is 48.5 Å². The number of ether oxygens (including phenoxy) is 1. The molecule has 3 aromatic rings. The second kappa shape index (κ2) is 8.98. The molecule has 6 heteroatoms. The van der Waals surface area contributed by atoms with Crippen molar-refractivity contribution in [1.82, 2.24) is 15.6 Å². The zero-order valence-electron chi connectivity index (χ0n) is 19.3. The largest absolute Gasteiger partial charge is 0.481 e. The van der Waals surface area contributed by atoms with Crippen molar-refractivity contribution in [3.63, 3.8) is 0 Å². The number of aliphatic carboxylic acids is 1. The van der Waals surface area contributed by atoms with Gasteiger partial charge < -0.3 is 20.5 Å². The van der Waals surface area contributed by atoms with Gasteiger partial charge in [0.05, 0.1) is 11.1 Å². The number of rotatable bonds is 7. The van der Waals surface area contributed by atoms with Crippen LogP contribution in [0.15, 0.2) is 67.0 Å². The number of nitrogens with zero attached hydrogens (tertiary/aromatic N) is 1. The minimum Gasteiger partial charge on any atom is -0.481 e. The first kappa shape index (κ1) is 22.4. The van der Waals surface area contributed by atoms with E-state index in [1.807, 2.05) is 37.4 Å². The van der Waals surface area contributed by atoms with E-state index in [-0.39, 0.29) is 12.8 Å². The first-order chi connectivity index (χ1) is 15.7. The molecule has 0 saturated heterocycles. The number of aromatic nitrogens is 1. The number of hydrogen-bond acceptors (Lipinski definition) is 5. The van der Waals surface area contributed by atoms with Crippen LogP contribution in [0, 0.1) is 19.3 Å². The van der Waals surface area contributed by atoms with Gasteiger partial charge in [0.1, 0.15) is 12.8 Å². The fourth-order valence-electron chi connectivity index (χ4n) is 3.75. The molecule has 0 fully saturated rings. The fraction of sp³-hybridized carbons (Fsp3) is 0.259. The van der Waals surface area contributed by atoms with Crippen molar-refractivity contribution >= 4 is 11.7 Å². The van der Waals surface area contributed by atoms with E-state index in [4.69, 9.17) is 4.74 Å². The molecule has 0 radical (unpaired) electrons. The second-order valence-corrected chi connectivity index (χ2v) is 9.05. The standard InChI is InChI=1S/C27H29N3O3/c1-17-12-20(22-14-28-24(13-18(22)2)33-16-27(3,4)26(31)32)10-11-21(17)25-29-15-23(30-25)19-8-6-5-7-9-19/h5-15,25,29-30H,16H2,1-4H3,(H,31,32). The molecule has 0 aliphatic carbocycles. The molecule has 3 N–H and O–H groups in total. The number of pyridine rings is 1. The maximum absolute atomic E-state index is 11.3. The third-order valence-corrected chi connectivity index (χ3v) is 5.92. The highest BCUT2D eigenvalue weighted by molar-refractivity contribution is 5.74. The number of nitrogens with one attached hydrogen (secondary N) is 2. The smallest absolute Gasteiger partial charge is 0.312 e. The maximum Gasteiger partial charge on any atom is 0.312 e. The SMILES string of the molecule is Cc1cc(OCC(C)(C)C(=O)O)ncc1-c1ccc(C2NC=C(c3ccccc3)N2)c(C)c1. The van der Waals surface area contributed by atoms with Crippen molar-refractivity contribution in [3.8, 4) is 17.0 Å². The molecule has 170 valence electrons. The molecule has 6 nitrogen and oxygen atoms in total. The topological polar surface area (TPSA) is 83.5 Å². The molecular formula is C27H29N3O3. The number of hydrogen-bond donors (Lipinski definition) is 3. The van der Waals surface area contributed by atoms with E-state index in [9.17, 15) is 9.90 Å². The Labute approximate surface area is 194 Å². The Kier molecular flexibility index (Phi) is 6.09. The van der Waals surface area contributed by atoms with Crippen LogP contribution in [0.2, 0.25) is 0 Å². The summed E-state index contributed by atoms with van der Waals surface area (Å²) in [6.07, 6.45) is 3.82. The molecule has 1 unspecified atom stereocenters. The molecule has 0 amide bonds. The van der Waals surface area contributed by atoms with Crippen LogP contribution in [0.5, 0.6) is 5.88 Å². The van der Waals surface area contributed by atoms with Gasteiger partial charge in [-0.3, -0.25) is 4.79 Å². The predicted octanol–water partition coefficient (Wildman–Crippen LogP) is 5.05. The highest BCUT2D eigenvalue weighted by Crippen LogP contribution is 2.30. The molecule has 4 rings (SSSR count). The highest BCUT2D eigenvalue weighted by Gasteiger charge is 2.28. The van der Waals surface area contributed by atoms with Gasteiger partial charge in [-0.15, -0.1) is 0 Å². The minimum absolute atomic E-state index is 0.0156. The van der Waals surface area contributed by atoms with Crippen molar-refractivity contribution in [2.45, 2.75) is 33.9 Å². The Bertz CT molecular complexity index is 1200. The average Bonchev–Trinajstić information content (AvgIpc) is 3.28. The van der Waals surface area contributed by atoms with Crippen molar-refractivity contribution in [2.24, 2.45) is 5.41 Å². The number of carboxylic acid groups (broad SMARTS) is 1. The third-order valence-electron chi connectivity index (χ3n) is 5.92. The summed E-state index contributed by atoms with van der Waals surface area (Å²) in [5, 5.41) is 16.2. The van der Waals surface area contributed by atoms with Gasteiger partial charge in [-0.05, 0) is 55.5 Å². The Morgan fingerprint density at radius 3 is 2.48 bits per heavy atom. The molecule has 33 heavy (non-hydrogen) atoms. The van der Waals surface area contributed by atoms with Gasteiger partial charge in [0.15, 0.2) is 0 Å². The van der Waals surface area contributed by atoms with E-state index in [1.165, 1.54) is 11.1 Å². The van der Waals surface area contributed by atoms with Crippen LogP contribution < -0.4 is 15.4 Å². The number of carbonyl (C=O) groups is 1. The zero-order valence-corrected chi connectivity index (χ0v) is 19.3. The summed E-state index contributed by atoms with van der Waals surface area (Å²) in [6, 6.07) is 18.5. The molecule has 2 aromatic carbocycles. The Hall–Kier alpha value is -3.80. The Morgan fingerprint density at radius 2 is 1.82 bits per heavy atom. The molecule has 2 heterocycles. The summed E-state index contributed by atoms with van der Waals surface area (Å²) in [7, 11) is 0. The van der Waals surface area contributed by atoms with Gasteiger partial charge >= 0.3 is 5.97 Å². The normalized spacial score (nSPS) is 15.4. The molecular weight excluding hydrogens is 414 g/mol. The molecule has 0 saturated carbocycles. The van der Waals surface area contributed by atoms with Gasteiger partial charge in [0.2, 0.25) is 5.88 Å². The lowest BCUT2D eigenvalue weighted by atomic mass is 9.95. The van der Waals surface area contributed by atoms with E-state index in [0.717, 1.165) is 28.0 Å². The molecule has 1 aliphatic heterocycles. The van der Waals surface area contributed by atoms with Crippen molar-refractivity contribution < 1.29 is 14.6 Å². The van der Waals surface area contributed by atoms with E-state index in [2.05, 4.69) is 52.9 Å². The van der Waals surface area contributed by atoms with Gasteiger partial charge in [0, 0.05) is 24.0 Å². The number of aryl methyl sites for hydroxylation is 2. The summed E-state index contributed by atoms with van der Waals surface area (Å²) < 4.78 is 5.65. The Morgan fingerprint density at radius 1 is 1.06 bits per heavy atom. The third kappa shape index (κ3) is 4.85. The summed E-state index contributed by atoms with van der Waals surface area (Å²) in [6.45, 7) is 7.44. The average molecular weight is 444 g/mol. The summed E-state index contributed by atoms with van der Waals surface area (Å²) in [5.74, 6) is -0.471. The van der Waals surface area contributed by atoms with Gasteiger partial charge in [-0.2, -0.15) is 0 Å². The number of carboxylic acids is 1. The van der Waals surface area contributed by atoms with Crippen LogP contribution in [0.25, 0.3) is 16.8 Å². The van der Waals surface area contributed by atoms with Crippen molar-refractivity contribution in [2.75, 3.05) is 6.61 Å². The molecule has 1 aliphatic rings.